The first-order valence-corrected chi connectivity index (χ1v) is 18.9. The molecular weight excluding hydrogens is 499 g/mol. The Morgan fingerprint density at radius 1 is 0.325 bits per heavy atom. The molecule has 40 heavy (non-hydrogen) atoms. The van der Waals surface area contributed by atoms with E-state index in [0.29, 0.717) is 0 Å². The van der Waals surface area contributed by atoms with Crippen LogP contribution in [0.2, 0.25) is 0 Å². The van der Waals surface area contributed by atoms with Gasteiger partial charge in [-0.05, 0) is 19.3 Å². The van der Waals surface area contributed by atoms with Gasteiger partial charge in [-0.3, -0.25) is 0 Å². The van der Waals surface area contributed by atoms with E-state index in [1.54, 1.807) is 0 Å². The van der Waals surface area contributed by atoms with E-state index >= 15 is 0 Å². The molecular formula is C39H63P. The molecule has 0 unspecified atom stereocenters. The quantitative estimate of drug-likeness (QED) is 0.0810. The molecule has 0 nitrogen and oxygen atoms in total. The molecule has 0 aromatic rings. The van der Waals surface area contributed by atoms with Crippen molar-refractivity contribution in [3.63, 3.8) is 0 Å². The summed E-state index contributed by atoms with van der Waals surface area (Å²) in [5, 5.41) is 0.591. The van der Waals surface area contributed by atoms with Crippen molar-refractivity contribution in [2.45, 2.75) is 171 Å². The fourth-order valence-corrected chi connectivity index (χ4v) is 12.4. The highest BCUT2D eigenvalue weighted by Gasteiger charge is 2.55. The van der Waals surface area contributed by atoms with Crippen LogP contribution in [0.25, 0.3) is 0 Å². The van der Waals surface area contributed by atoms with Crippen molar-refractivity contribution < 1.29 is 0 Å². The van der Waals surface area contributed by atoms with Crippen LogP contribution in [0.4, 0.5) is 0 Å². The molecule has 0 aromatic carbocycles. The van der Waals surface area contributed by atoms with Gasteiger partial charge in [-0.25, -0.2) is 0 Å². The van der Waals surface area contributed by atoms with Crippen LogP contribution >= 0.6 is 7.92 Å². The average Bonchev–Trinajstić information content (AvgIpc) is 3.74. The van der Waals surface area contributed by atoms with Crippen molar-refractivity contribution in [1.29, 1.82) is 0 Å². The monoisotopic (exact) mass is 562 g/mol. The van der Waals surface area contributed by atoms with Crippen LogP contribution in [-0.4, -0.2) is 15.5 Å². The van der Waals surface area contributed by atoms with E-state index in [1.807, 2.05) is 0 Å². The zero-order chi connectivity index (χ0) is 28.4. The summed E-state index contributed by atoms with van der Waals surface area (Å²) in [6.45, 7) is 6.98. The Balaban J connectivity index is 1.87. The lowest BCUT2D eigenvalue weighted by Crippen LogP contribution is -2.42. The molecule has 0 aromatic heterocycles. The van der Waals surface area contributed by atoms with E-state index in [0.717, 1.165) is 0 Å². The highest BCUT2D eigenvalue weighted by Crippen LogP contribution is 2.75. The van der Waals surface area contributed by atoms with Crippen LogP contribution in [0, 0.1) is 0 Å². The largest absolute Gasteiger partial charge is 0.0702 e. The van der Waals surface area contributed by atoms with Crippen molar-refractivity contribution in [1.82, 2.24) is 0 Å². The fourth-order valence-electron chi connectivity index (χ4n) is 7.51. The number of unbranched alkanes of at least 4 members (excludes halogenated alkanes) is 15. The van der Waals surface area contributed by atoms with E-state index < -0.39 is 7.92 Å². The highest BCUT2D eigenvalue weighted by atomic mass is 31.1. The van der Waals surface area contributed by atoms with Crippen molar-refractivity contribution in [2.24, 2.45) is 0 Å². The van der Waals surface area contributed by atoms with Gasteiger partial charge in [-0.15, -0.1) is 0 Å². The van der Waals surface area contributed by atoms with Gasteiger partial charge in [0.25, 0.3) is 0 Å². The number of rotatable bonds is 24. The van der Waals surface area contributed by atoms with E-state index in [1.165, 1.54) is 135 Å². The summed E-state index contributed by atoms with van der Waals surface area (Å²) in [5.74, 6) is 0. The van der Waals surface area contributed by atoms with Gasteiger partial charge in [-0.2, -0.15) is 0 Å². The zero-order valence-corrected chi connectivity index (χ0v) is 27.6. The topological polar surface area (TPSA) is 0 Å². The molecule has 0 saturated carbocycles. The predicted octanol–water partition coefficient (Wildman–Crippen LogP) is 13.3. The lowest BCUT2D eigenvalue weighted by Gasteiger charge is -2.54. The second-order valence-electron chi connectivity index (χ2n) is 13.0. The molecule has 0 spiro atoms. The Bertz CT molecular complexity index is 715. The molecule has 224 valence electrons. The van der Waals surface area contributed by atoms with Gasteiger partial charge in [0.2, 0.25) is 0 Å². The summed E-state index contributed by atoms with van der Waals surface area (Å²) < 4.78 is 0. The molecule has 0 fully saturated rings. The standard InChI is InChI=1S/C39H63P/c1-4-7-10-13-16-19-28-37(31-22-23-32-37)40(38(33-24-25-34-38)29-20-17-14-11-8-5-2)39(35-26-27-36-39)30-21-18-15-12-9-6-3/h22-27,31-36H,4-21,28-30H2,1-3H3. The van der Waals surface area contributed by atoms with Gasteiger partial charge in [0.15, 0.2) is 0 Å². The second-order valence-corrected chi connectivity index (χ2v) is 16.2. The molecule has 3 aliphatic carbocycles. The van der Waals surface area contributed by atoms with E-state index in [9.17, 15) is 0 Å². The normalized spacial score (nSPS) is 19.2. The Morgan fingerprint density at radius 2 is 0.550 bits per heavy atom. The predicted molar refractivity (Wildman–Crippen MR) is 184 cm³/mol. The van der Waals surface area contributed by atoms with Crippen LogP contribution in [0.5, 0.6) is 0 Å². The Kier molecular flexibility index (Phi) is 15.4. The molecule has 0 bridgehead atoms. The van der Waals surface area contributed by atoms with Gasteiger partial charge in [0.05, 0.1) is 0 Å². The first-order chi connectivity index (χ1) is 19.7. The molecule has 0 atom stereocenters. The van der Waals surface area contributed by atoms with Crippen molar-refractivity contribution in [3.8, 4) is 0 Å². The summed E-state index contributed by atoms with van der Waals surface area (Å²) in [7, 11) is -0.420. The van der Waals surface area contributed by atoms with Crippen LogP contribution in [0.3, 0.4) is 0 Å². The summed E-state index contributed by atoms with van der Waals surface area (Å²) in [4.78, 5) is 0. The SMILES string of the molecule is CCCCCCCCC1(P(C2(CCCCCCCC)C=CC=C2)C2(CCCCCCCC)C=CC=C2)C=CC=C1. The van der Waals surface area contributed by atoms with Gasteiger partial charge in [0, 0.05) is 15.5 Å². The van der Waals surface area contributed by atoms with E-state index in [4.69, 9.17) is 0 Å². The summed E-state index contributed by atoms with van der Waals surface area (Å²) in [6.07, 6.45) is 59.2. The Morgan fingerprint density at radius 3 is 0.800 bits per heavy atom. The van der Waals surface area contributed by atoms with Crippen LogP contribution in [0.15, 0.2) is 72.9 Å². The van der Waals surface area contributed by atoms with Gasteiger partial charge < -0.3 is 0 Å². The third-order valence-corrected chi connectivity index (χ3v) is 13.7. The minimum absolute atomic E-state index is 0.197. The fraction of sp³-hybridized carbons (Fsp3) is 0.692. The zero-order valence-electron chi connectivity index (χ0n) is 26.7. The first kappa shape index (κ1) is 33.4. The van der Waals surface area contributed by atoms with Crippen LogP contribution in [-0.2, 0) is 0 Å². The number of allylic oxidation sites excluding steroid dienone is 12. The smallest absolute Gasteiger partial charge is 0.0290 e. The average molecular weight is 563 g/mol. The minimum Gasteiger partial charge on any atom is -0.0702 e. The third kappa shape index (κ3) is 9.45. The van der Waals surface area contributed by atoms with E-state index in [-0.39, 0.29) is 15.5 Å². The lowest BCUT2D eigenvalue weighted by molar-refractivity contribution is 0.542. The Labute approximate surface area is 251 Å². The molecule has 3 rings (SSSR count). The van der Waals surface area contributed by atoms with Crippen molar-refractivity contribution in [2.75, 3.05) is 0 Å². The second kappa shape index (κ2) is 18.4. The van der Waals surface area contributed by atoms with Crippen molar-refractivity contribution in [3.05, 3.63) is 72.9 Å². The molecule has 0 amide bonds. The lowest BCUT2D eigenvalue weighted by atomic mass is 9.98. The van der Waals surface area contributed by atoms with Gasteiger partial charge in [-0.1, -0.05) is 217 Å². The van der Waals surface area contributed by atoms with Gasteiger partial charge >= 0.3 is 0 Å². The molecule has 3 aliphatic rings. The third-order valence-electron chi connectivity index (χ3n) is 9.68. The van der Waals surface area contributed by atoms with Gasteiger partial charge in [0.1, 0.15) is 0 Å². The summed E-state index contributed by atoms with van der Waals surface area (Å²) >= 11 is 0. The molecule has 0 radical (unpaired) electrons. The maximum absolute atomic E-state index is 2.66. The minimum atomic E-state index is -0.420. The molecule has 0 heterocycles. The Hall–Kier alpha value is -1.13. The molecule has 0 saturated heterocycles. The number of hydrogen-bond acceptors (Lipinski definition) is 0. The maximum atomic E-state index is 2.66. The summed E-state index contributed by atoms with van der Waals surface area (Å²) in [6, 6.07) is 0. The van der Waals surface area contributed by atoms with Crippen LogP contribution in [0.1, 0.15) is 156 Å². The molecule has 1 heteroatoms. The highest BCUT2D eigenvalue weighted by molar-refractivity contribution is 7.64. The first-order valence-electron chi connectivity index (χ1n) is 17.6. The van der Waals surface area contributed by atoms with Crippen molar-refractivity contribution >= 4 is 7.92 Å². The number of hydrogen-bond donors (Lipinski definition) is 0. The van der Waals surface area contributed by atoms with E-state index in [2.05, 4.69) is 93.7 Å². The summed E-state index contributed by atoms with van der Waals surface area (Å²) in [5.41, 5.74) is 0. The molecule has 0 N–H and O–H groups in total. The molecule has 0 aliphatic heterocycles. The maximum Gasteiger partial charge on any atom is 0.0290 e. The van der Waals surface area contributed by atoms with Crippen LogP contribution < -0.4 is 0 Å².